The molecule has 0 radical (unpaired) electrons. The number of nitrogens with one attached hydrogen (secondary N) is 1. The molecular formula is C28H26F2N4O4. The van der Waals surface area contributed by atoms with E-state index in [1.165, 1.54) is 18.3 Å². The largest absolute Gasteiger partial charge is 0.348 e. The standard InChI is InChI=1S/C28H26F2N4O4/c1-17-6-7-18(14-23(17)34(37)38)15-25(35)32-28-10-2-5-24(28)33(13-11-28)27(36)20-4-3-12-31-26(20)19-8-9-21(29)22(30)16-19/h3-4,6-9,12,14,16,24H,2,5,10-11,13,15H2,1H3,(H,32,35)/t24-,28+/m0/s1. The van der Waals surface area contributed by atoms with Gasteiger partial charge in [-0.25, -0.2) is 8.78 Å². The Morgan fingerprint density at radius 3 is 2.74 bits per heavy atom. The van der Waals surface area contributed by atoms with Gasteiger partial charge in [0.1, 0.15) is 0 Å². The minimum Gasteiger partial charge on any atom is -0.348 e. The molecule has 2 aliphatic rings. The fourth-order valence-electron chi connectivity index (χ4n) is 5.80. The third-order valence-corrected chi connectivity index (χ3v) is 7.63. The van der Waals surface area contributed by atoms with Crippen molar-refractivity contribution in [2.24, 2.45) is 0 Å². The molecule has 2 fully saturated rings. The summed E-state index contributed by atoms with van der Waals surface area (Å²) in [5, 5.41) is 14.4. The molecular weight excluding hydrogens is 494 g/mol. The number of rotatable bonds is 6. The lowest BCUT2D eigenvalue weighted by Gasteiger charge is -2.33. The topological polar surface area (TPSA) is 105 Å². The van der Waals surface area contributed by atoms with Crippen LogP contribution < -0.4 is 5.32 Å². The first-order valence-electron chi connectivity index (χ1n) is 12.4. The van der Waals surface area contributed by atoms with Crippen molar-refractivity contribution in [1.82, 2.24) is 15.2 Å². The second-order valence-electron chi connectivity index (χ2n) is 9.94. The number of likely N-dealkylation sites (tertiary alicyclic amines) is 1. The van der Waals surface area contributed by atoms with Crippen LogP contribution in [0.1, 0.15) is 47.2 Å². The first kappa shape index (κ1) is 25.4. The molecule has 38 heavy (non-hydrogen) atoms. The van der Waals surface area contributed by atoms with Crippen LogP contribution in [0.4, 0.5) is 14.5 Å². The Morgan fingerprint density at radius 1 is 1.16 bits per heavy atom. The van der Waals surface area contributed by atoms with Gasteiger partial charge in [0.25, 0.3) is 11.6 Å². The normalized spacial score (nSPS) is 20.3. The number of hydrogen-bond donors (Lipinski definition) is 1. The molecule has 1 saturated heterocycles. The van der Waals surface area contributed by atoms with Gasteiger partial charge in [-0.3, -0.25) is 24.7 Å². The number of nitrogens with zero attached hydrogens (tertiary/aromatic N) is 3. The minimum absolute atomic E-state index is 0.00752. The molecule has 0 bridgehead atoms. The molecule has 2 heterocycles. The Bertz CT molecular complexity index is 1450. The summed E-state index contributed by atoms with van der Waals surface area (Å²) < 4.78 is 27.4. The van der Waals surface area contributed by atoms with Gasteiger partial charge in [-0.15, -0.1) is 0 Å². The molecule has 1 N–H and O–H groups in total. The third-order valence-electron chi connectivity index (χ3n) is 7.63. The van der Waals surface area contributed by atoms with Crippen LogP contribution in [0, 0.1) is 28.7 Å². The number of amides is 2. The van der Waals surface area contributed by atoms with Gasteiger partial charge in [0, 0.05) is 29.9 Å². The van der Waals surface area contributed by atoms with Crippen molar-refractivity contribution in [2.75, 3.05) is 6.54 Å². The maximum Gasteiger partial charge on any atom is 0.272 e. The summed E-state index contributed by atoms with van der Waals surface area (Å²) in [7, 11) is 0. The van der Waals surface area contributed by atoms with E-state index in [4.69, 9.17) is 0 Å². The lowest BCUT2D eigenvalue weighted by Crippen LogP contribution is -2.54. The number of carbonyl (C=O) groups excluding carboxylic acids is 2. The molecule has 2 aromatic carbocycles. The molecule has 10 heteroatoms. The number of aryl methyl sites for hydroxylation is 1. The predicted molar refractivity (Wildman–Crippen MR) is 135 cm³/mol. The molecule has 0 spiro atoms. The van der Waals surface area contributed by atoms with Gasteiger partial charge in [-0.05, 0) is 68.5 Å². The number of benzene rings is 2. The summed E-state index contributed by atoms with van der Waals surface area (Å²) in [5.41, 5.74) is 1.29. The van der Waals surface area contributed by atoms with Crippen molar-refractivity contribution in [3.63, 3.8) is 0 Å². The fraction of sp³-hybridized carbons (Fsp3) is 0.321. The molecule has 196 valence electrons. The highest BCUT2D eigenvalue weighted by Gasteiger charge is 2.52. The highest BCUT2D eigenvalue weighted by atomic mass is 19.2. The van der Waals surface area contributed by atoms with E-state index in [2.05, 4.69) is 10.3 Å². The SMILES string of the molecule is Cc1ccc(CC(=O)N[C@@]23CCC[C@@H]2N(C(=O)c2cccnc2-c2ccc(F)c(F)c2)CC3)cc1[N+](=O)[O-]. The monoisotopic (exact) mass is 520 g/mol. The van der Waals surface area contributed by atoms with Gasteiger partial charge >= 0.3 is 0 Å². The van der Waals surface area contributed by atoms with E-state index >= 15 is 0 Å². The molecule has 1 aliphatic heterocycles. The molecule has 1 aromatic heterocycles. The second kappa shape index (κ2) is 9.92. The fourth-order valence-corrected chi connectivity index (χ4v) is 5.80. The van der Waals surface area contributed by atoms with Crippen molar-refractivity contribution in [3.05, 3.63) is 93.2 Å². The average Bonchev–Trinajstić information content (AvgIpc) is 3.44. The van der Waals surface area contributed by atoms with Crippen molar-refractivity contribution in [3.8, 4) is 11.3 Å². The van der Waals surface area contributed by atoms with E-state index in [-0.39, 0.29) is 41.2 Å². The van der Waals surface area contributed by atoms with E-state index < -0.39 is 22.1 Å². The summed E-state index contributed by atoms with van der Waals surface area (Å²) in [4.78, 5) is 43.6. The molecule has 1 aliphatic carbocycles. The lowest BCUT2D eigenvalue weighted by atomic mass is 9.92. The molecule has 3 aromatic rings. The zero-order valence-electron chi connectivity index (χ0n) is 20.7. The lowest BCUT2D eigenvalue weighted by molar-refractivity contribution is -0.385. The Hall–Kier alpha value is -4.21. The molecule has 5 rings (SSSR count). The van der Waals surface area contributed by atoms with Crippen LogP contribution in [0.25, 0.3) is 11.3 Å². The first-order chi connectivity index (χ1) is 18.2. The number of carbonyl (C=O) groups is 2. The first-order valence-corrected chi connectivity index (χ1v) is 12.4. The molecule has 1 saturated carbocycles. The maximum atomic E-state index is 13.9. The predicted octanol–water partition coefficient (Wildman–Crippen LogP) is 4.74. The minimum atomic E-state index is -1.02. The van der Waals surface area contributed by atoms with Crippen LogP contribution >= 0.6 is 0 Å². The van der Waals surface area contributed by atoms with Crippen molar-refractivity contribution < 1.29 is 23.3 Å². The van der Waals surface area contributed by atoms with Crippen LogP contribution in [0.5, 0.6) is 0 Å². The number of aromatic nitrogens is 1. The number of fused-ring (bicyclic) bond motifs is 1. The summed E-state index contributed by atoms with van der Waals surface area (Å²) in [6.45, 7) is 2.07. The zero-order valence-corrected chi connectivity index (χ0v) is 20.7. The van der Waals surface area contributed by atoms with Crippen LogP contribution in [0.2, 0.25) is 0 Å². The van der Waals surface area contributed by atoms with E-state index in [9.17, 15) is 28.5 Å². The van der Waals surface area contributed by atoms with Crippen molar-refractivity contribution >= 4 is 17.5 Å². The molecule has 8 nitrogen and oxygen atoms in total. The number of nitro groups is 1. The van der Waals surface area contributed by atoms with Crippen LogP contribution in [-0.4, -0.2) is 44.7 Å². The van der Waals surface area contributed by atoms with Gasteiger partial charge in [0.2, 0.25) is 5.91 Å². The third kappa shape index (κ3) is 4.62. The summed E-state index contributed by atoms with van der Waals surface area (Å²) in [6, 6.07) is 11.2. The summed E-state index contributed by atoms with van der Waals surface area (Å²) in [5.74, 6) is -2.55. The van der Waals surface area contributed by atoms with Crippen LogP contribution in [0.15, 0.2) is 54.7 Å². The number of pyridine rings is 1. The van der Waals surface area contributed by atoms with E-state index in [1.807, 2.05) is 0 Å². The van der Waals surface area contributed by atoms with E-state index in [1.54, 1.807) is 36.1 Å². The smallest absolute Gasteiger partial charge is 0.272 e. The van der Waals surface area contributed by atoms with E-state index in [0.717, 1.165) is 18.6 Å². The zero-order chi connectivity index (χ0) is 27.0. The Labute approximate surface area is 217 Å². The van der Waals surface area contributed by atoms with Gasteiger partial charge in [-0.2, -0.15) is 0 Å². The maximum absolute atomic E-state index is 13.9. The highest BCUT2D eigenvalue weighted by molar-refractivity contribution is 6.00. The van der Waals surface area contributed by atoms with Crippen LogP contribution in [0.3, 0.4) is 0 Å². The van der Waals surface area contributed by atoms with Crippen molar-refractivity contribution in [1.29, 1.82) is 0 Å². The Morgan fingerprint density at radius 2 is 1.97 bits per heavy atom. The van der Waals surface area contributed by atoms with Gasteiger partial charge in [0.05, 0.1) is 34.2 Å². The van der Waals surface area contributed by atoms with E-state index in [0.29, 0.717) is 42.5 Å². The second-order valence-corrected chi connectivity index (χ2v) is 9.94. The highest BCUT2D eigenvalue weighted by Crippen LogP contribution is 2.43. The average molecular weight is 521 g/mol. The summed E-state index contributed by atoms with van der Waals surface area (Å²) in [6.07, 6.45) is 4.31. The van der Waals surface area contributed by atoms with Crippen LogP contribution in [-0.2, 0) is 11.2 Å². The number of hydrogen-bond acceptors (Lipinski definition) is 5. The number of nitro benzene ring substituents is 1. The summed E-state index contributed by atoms with van der Waals surface area (Å²) >= 11 is 0. The molecule has 2 amide bonds. The van der Waals surface area contributed by atoms with Gasteiger partial charge in [-0.1, -0.05) is 12.1 Å². The van der Waals surface area contributed by atoms with Gasteiger partial charge in [0.15, 0.2) is 11.6 Å². The molecule has 2 atom stereocenters. The Balaban J connectivity index is 1.36. The van der Waals surface area contributed by atoms with Gasteiger partial charge < -0.3 is 10.2 Å². The number of halogens is 2. The van der Waals surface area contributed by atoms with Crippen molar-refractivity contribution in [2.45, 2.75) is 50.6 Å². The molecule has 0 unspecified atom stereocenters. The quantitative estimate of drug-likeness (QED) is 0.373. The Kier molecular flexibility index (Phi) is 6.64.